The number of nitrogens with two attached hydrogens (primary N) is 1. The van der Waals surface area contributed by atoms with Crippen LogP contribution in [0.15, 0.2) is 10.9 Å². The van der Waals surface area contributed by atoms with Gasteiger partial charge in [-0.3, -0.25) is 4.79 Å². The molecule has 0 aliphatic carbocycles. The number of thiazole rings is 1. The SMILES string of the molecule is NC(=S)C1CCCCN1C(=O)c1cscn1. The quantitative estimate of drug-likeness (QED) is 0.812. The van der Waals surface area contributed by atoms with Gasteiger partial charge in [-0.1, -0.05) is 12.2 Å². The van der Waals surface area contributed by atoms with Crippen molar-refractivity contribution < 1.29 is 4.79 Å². The summed E-state index contributed by atoms with van der Waals surface area (Å²) >= 11 is 6.43. The highest BCUT2D eigenvalue weighted by Gasteiger charge is 2.29. The molecular weight excluding hydrogens is 242 g/mol. The minimum Gasteiger partial charge on any atom is -0.392 e. The molecule has 1 amide bonds. The third-order valence-electron chi connectivity index (χ3n) is 2.74. The summed E-state index contributed by atoms with van der Waals surface area (Å²) in [4.78, 5) is 18.3. The molecule has 1 saturated heterocycles. The Morgan fingerprint density at radius 1 is 1.62 bits per heavy atom. The number of carbonyl (C=O) groups is 1. The van der Waals surface area contributed by atoms with E-state index in [1.807, 2.05) is 0 Å². The van der Waals surface area contributed by atoms with Crippen molar-refractivity contribution in [2.75, 3.05) is 6.54 Å². The van der Waals surface area contributed by atoms with Crippen LogP contribution in [0.3, 0.4) is 0 Å². The van der Waals surface area contributed by atoms with Gasteiger partial charge in [-0.05, 0) is 19.3 Å². The maximum absolute atomic E-state index is 12.1. The molecule has 86 valence electrons. The fourth-order valence-electron chi connectivity index (χ4n) is 1.94. The number of thiocarbonyl (C=S) groups is 1. The highest BCUT2D eigenvalue weighted by atomic mass is 32.1. The molecular formula is C10H13N3OS2. The summed E-state index contributed by atoms with van der Waals surface area (Å²) in [5.74, 6) is -0.0567. The van der Waals surface area contributed by atoms with Crippen LogP contribution in [-0.2, 0) is 0 Å². The highest BCUT2D eigenvalue weighted by Crippen LogP contribution is 2.19. The van der Waals surface area contributed by atoms with E-state index < -0.39 is 0 Å². The highest BCUT2D eigenvalue weighted by molar-refractivity contribution is 7.80. The van der Waals surface area contributed by atoms with E-state index in [1.54, 1.807) is 15.8 Å². The van der Waals surface area contributed by atoms with E-state index in [-0.39, 0.29) is 11.9 Å². The van der Waals surface area contributed by atoms with Gasteiger partial charge in [0.2, 0.25) is 0 Å². The van der Waals surface area contributed by atoms with Crippen LogP contribution in [0, 0.1) is 0 Å². The number of amides is 1. The summed E-state index contributed by atoms with van der Waals surface area (Å²) in [5, 5.41) is 1.76. The van der Waals surface area contributed by atoms with E-state index in [0.29, 0.717) is 10.7 Å². The van der Waals surface area contributed by atoms with E-state index >= 15 is 0 Å². The van der Waals surface area contributed by atoms with Crippen LogP contribution < -0.4 is 5.73 Å². The molecule has 0 bridgehead atoms. The molecule has 0 spiro atoms. The van der Waals surface area contributed by atoms with Gasteiger partial charge < -0.3 is 10.6 Å². The number of rotatable bonds is 2. The minimum atomic E-state index is -0.0991. The van der Waals surface area contributed by atoms with Gasteiger partial charge in [-0.15, -0.1) is 11.3 Å². The summed E-state index contributed by atoms with van der Waals surface area (Å²) in [7, 11) is 0. The second kappa shape index (κ2) is 4.88. The molecule has 2 heterocycles. The molecule has 4 nitrogen and oxygen atoms in total. The second-order valence-corrected chi connectivity index (χ2v) is 4.98. The fourth-order valence-corrected chi connectivity index (χ4v) is 2.71. The normalized spacial score (nSPS) is 20.8. The molecule has 1 aliphatic heterocycles. The van der Waals surface area contributed by atoms with Crippen molar-refractivity contribution in [3.8, 4) is 0 Å². The molecule has 2 rings (SSSR count). The van der Waals surface area contributed by atoms with Crippen LogP contribution in [0.2, 0.25) is 0 Å². The van der Waals surface area contributed by atoms with Gasteiger partial charge in [0.1, 0.15) is 5.69 Å². The van der Waals surface area contributed by atoms with Crippen molar-refractivity contribution in [3.63, 3.8) is 0 Å². The lowest BCUT2D eigenvalue weighted by Gasteiger charge is -2.34. The van der Waals surface area contributed by atoms with Gasteiger partial charge in [0.15, 0.2) is 0 Å². The first-order chi connectivity index (χ1) is 7.70. The van der Waals surface area contributed by atoms with Crippen molar-refractivity contribution in [1.82, 2.24) is 9.88 Å². The summed E-state index contributed by atoms with van der Waals surface area (Å²) < 4.78 is 0. The average Bonchev–Trinajstić information content (AvgIpc) is 2.81. The van der Waals surface area contributed by atoms with E-state index in [9.17, 15) is 4.79 Å². The van der Waals surface area contributed by atoms with Crippen LogP contribution in [0.1, 0.15) is 29.8 Å². The molecule has 1 aliphatic rings. The Labute approximate surface area is 103 Å². The molecule has 0 saturated carbocycles. The van der Waals surface area contributed by atoms with Gasteiger partial charge in [-0.2, -0.15) is 0 Å². The lowest BCUT2D eigenvalue weighted by Crippen LogP contribution is -2.49. The Bertz CT molecular complexity index is 391. The van der Waals surface area contributed by atoms with Crippen molar-refractivity contribution in [2.24, 2.45) is 5.73 Å². The van der Waals surface area contributed by atoms with Crippen LogP contribution >= 0.6 is 23.6 Å². The van der Waals surface area contributed by atoms with E-state index in [2.05, 4.69) is 4.98 Å². The van der Waals surface area contributed by atoms with Gasteiger partial charge >= 0.3 is 0 Å². The smallest absolute Gasteiger partial charge is 0.273 e. The Morgan fingerprint density at radius 3 is 3.06 bits per heavy atom. The molecule has 6 heteroatoms. The van der Waals surface area contributed by atoms with Crippen molar-refractivity contribution in [3.05, 3.63) is 16.6 Å². The number of nitrogens with zero attached hydrogens (tertiary/aromatic N) is 2. The third kappa shape index (κ3) is 2.22. The predicted molar refractivity (Wildman–Crippen MR) is 67.6 cm³/mol. The number of aromatic nitrogens is 1. The number of piperidine rings is 1. The zero-order chi connectivity index (χ0) is 11.5. The van der Waals surface area contributed by atoms with Crippen LogP contribution in [0.25, 0.3) is 0 Å². The van der Waals surface area contributed by atoms with Gasteiger partial charge in [0.05, 0.1) is 16.5 Å². The maximum atomic E-state index is 12.1. The van der Waals surface area contributed by atoms with Crippen LogP contribution in [0.5, 0.6) is 0 Å². The summed E-state index contributed by atoms with van der Waals surface area (Å²) in [5.41, 5.74) is 7.82. The molecule has 1 aromatic rings. The average molecular weight is 255 g/mol. The first-order valence-corrected chi connectivity index (χ1v) is 6.53. The molecule has 1 atom stereocenters. The largest absolute Gasteiger partial charge is 0.392 e. The molecule has 1 aromatic heterocycles. The van der Waals surface area contributed by atoms with E-state index in [4.69, 9.17) is 18.0 Å². The number of hydrogen-bond donors (Lipinski definition) is 1. The Morgan fingerprint density at radius 2 is 2.44 bits per heavy atom. The zero-order valence-corrected chi connectivity index (χ0v) is 10.4. The van der Waals surface area contributed by atoms with Gasteiger partial charge in [-0.25, -0.2) is 4.98 Å². The zero-order valence-electron chi connectivity index (χ0n) is 8.76. The third-order valence-corrected chi connectivity index (χ3v) is 3.60. The predicted octanol–water partition coefficient (Wildman–Crippen LogP) is 1.42. The Hall–Kier alpha value is -1.01. The second-order valence-electron chi connectivity index (χ2n) is 3.79. The van der Waals surface area contributed by atoms with Crippen LogP contribution in [0.4, 0.5) is 0 Å². The molecule has 0 aromatic carbocycles. The minimum absolute atomic E-state index is 0.0567. The Kier molecular flexibility index (Phi) is 3.50. The summed E-state index contributed by atoms with van der Waals surface area (Å²) in [6.07, 6.45) is 2.95. The first kappa shape index (κ1) is 11.5. The fraction of sp³-hybridized carbons (Fsp3) is 0.500. The molecule has 1 unspecified atom stereocenters. The molecule has 1 fully saturated rings. The monoisotopic (exact) mass is 255 g/mol. The number of hydrogen-bond acceptors (Lipinski definition) is 4. The first-order valence-electron chi connectivity index (χ1n) is 5.18. The van der Waals surface area contributed by atoms with Crippen molar-refractivity contribution >= 4 is 34.5 Å². The Balaban J connectivity index is 2.17. The van der Waals surface area contributed by atoms with Crippen molar-refractivity contribution in [1.29, 1.82) is 0 Å². The van der Waals surface area contributed by atoms with E-state index in [1.165, 1.54) is 11.3 Å². The lowest BCUT2D eigenvalue weighted by atomic mass is 10.0. The van der Waals surface area contributed by atoms with Gasteiger partial charge in [0.25, 0.3) is 5.91 Å². The topological polar surface area (TPSA) is 59.2 Å². The summed E-state index contributed by atoms with van der Waals surface area (Å²) in [6.45, 7) is 0.721. The van der Waals surface area contributed by atoms with Gasteiger partial charge in [0, 0.05) is 11.9 Å². The van der Waals surface area contributed by atoms with Crippen molar-refractivity contribution in [2.45, 2.75) is 25.3 Å². The van der Waals surface area contributed by atoms with Crippen LogP contribution in [-0.4, -0.2) is 33.4 Å². The molecule has 16 heavy (non-hydrogen) atoms. The molecule has 0 radical (unpaired) electrons. The number of likely N-dealkylation sites (tertiary alicyclic amines) is 1. The summed E-state index contributed by atoms with van der Waals surface area (Å²) in [6, 6.07) is -0.0991. The lowest BCUT2D eigenvalue weighted by molar-refractivity contribution is 0.0676. The maximum Gasteiger partial charge on any atom is 0.273 e. The van der Waals surface area contributed by atoms with E-state index in [0.717, 1.165) is 25.8 Å². The molecule has 2 N–H and O–H groups in total. The standard InChI is InChI=1S/C10H13N3OS2/c11-9(15)8-3-1-2-4-13(8)10(14)7-5-16-6-12-7/h5-6,8H,1-4H2,(H2,11,15). The number of carbonyl (C=O) groups excluding carboxylic acids is 1.